The van der Waals surface area contributed by atoms with E-state index in [0.29, 0.717) is 18.0 Å². The van der Waals surface area contributed by atoms with Crippen molar-refractivity contribution in [3.05, 3.63) is 96.1 Å². The van der Waals surface area contributed by atoms with Crippen LogP contribution in [0.2, 0.25) is 0 Å². The summed E-state index contributed by atoms with van der Waals surface area (Å²) in [7, 11) is 3.76. The number of β-amino-alcohol motifs (C(OH)–C–C–N with tert-alkyl or cyclic N) is 1. The summed E-state index contributed by atoms with van der Waals surface area (Å²) in [4.78, 5) is 2.36. The van der Waals surface area contributed by atoms with Crippen LogP contribution in [0.4, 0.5) is 0 Å². The molecule has 3 aromatic rings. The number of likely N-dealkylation sites (N-methyl/N-ethyl adjacent to an activating group) is 1. The molecule has 0 aliphatic rings. The van der Waals surface area contributed by atoms with Gasteiger partial charge in [0, 0.05) is 18.6 Å². The smallest absolute Gasteiger partial charge is 0.161 e. The summed E-state index contributed by atoms with van der Waals surface area (Å²) < 4.78 is 11.1. The summed E-state index contributed by atoms with van der Waals surface area (Å²) >= 11 is 0. The molecule has 1 atom stereocenters. The third kappa shape index (κ3) is 7.32. The highest BCUT2D eigenvalue weighted by atomic mass is 16.5. The molecule has 0 aliphatic heterocycles. The van der Waals surface area contributed by atoms with Crippen molar-refractivity contribution in [3.8, 4) is 11.5 Å². The van der Waals surface area contributed by atoms with Gasteiger partial charge in [0.1, 0.15) is 12.7 Å². The molecule has 0 heterocycles. The van der Waals surface area contributed by atoms with Gasteiger partial charge in [-0.15, -0.1) is 0 Å². The van der Waals surface area contributed by atoms with Gasteiger partial charge in [-0.1, -0.05) is 72.8 Å². The van der Waals surface area contributed by atoms with Crippen LogP contribution in [0.25, 0.3) is 0 Å². The van der Waals surface area contributed by atoms with E-state index in [1.54, 1.807) is 7.11 Å². The van der Waals surface area contributed by atoms with Gasteiger partial charge in [0.15, 0.2) is 11.5 Å². The second-order valence-corrected chi connectivity index (χ2v) is 9.02. The quantitative estimate of drug-likeness (QED) is 0.427. The minimum atomic E-state index is -0.640. The summed E-state index contributed by atoms with van der Waals surface area (Å²) in [6.07, 6.45) is -0.640. The normalized spacial score (nSPS) is 12.7. The summed E-state index contributed by atoms with van der Waals surface area (Å²) in [6, 6.07) is 28.7. The standard InChI is InChI=1S/C28H36N2O3/c1-28(2,29-19-24(31)20-33-26-18-12-11-17-25(26)32-4)21-30(3)27(22-13-7-5-8-14-22)23-15-9-6-10-16-23/h5-18,24,27,29,31H,19-21H2,1-4H3. The number of hydrogen-bond acceptors (Lipinski definition) is 5. The van der Waals surface area contributed by atoms with E-state index in [9.17, 15) is 5.11 Å². The zero-order valence-corrected chi connectivity index (χ0v) is 20.1. The van der Waals surface area contributed by atoms with Crippen LogP contribution in [0.15, 0.2) is 84.9 Å². The van der Waals surface area contributed by atoms with Gasteiger partial charge in [-0.25, -0.2) is 0 Å². The third-order valence-corrected chi connectivity index (χ3v) is 5.63. The number of nitrogens with zero attached hydrogens (tertiary/aromatic N) is 1. The summed E-state index contributed by atoms with van der Waals surface area (Å²) in [6.45, 7) is 5.73. The molecular weight excluding hydrogens is 412 g/mol. The number of nitrogens with one attached hydrogen (secondary N) is 1. The van der Waals surface area contributed by atoms with E-state index in [1.807, 2.05) is 36.4 Å². The van der Waals surface area contributed by atoms with Crippen molar-refractivity contribution in [2.75, 3.05) is 33.9 Å². The molecule has 0 fully saturated rings. The fourth-order valence-corrected chi connectivity index (χ4v) is 4.12. The van der Waals surface area contributed by atoms with Crippen molar-refractivity contribution in [2.45, 2.75) is 31.5 Å². The van der Waals surface area contributed by atoms with E-state index < -0.39 is 6.10 Å². The van der Waals surface area contributed by atoms with Crippen molar-refractivity contribution in [1.29, 1.82) is 0 Å². The van der Waals surface area contributed by atoms with Gasteiger partial charge in [0.2, 0.25) is 0 Å². The molecular formula is C28H36N2O3. The molecule has 176 valence electrons. The van der Waals surface area contributed by atoms with E-state index in [-0.39, 0.29) is 18.2 Å². The van der Waals surface area contributed by atoms with E-state index in [1.165, 1.54) is 11.1 Å². The lowest BCUT2D eigenvalue weighted by molar-refractivity contribution is 0.0922. The van der Waals surface area contributed by atoms with E-state index in [4.69, 9.17) is 9.47 Å². The SMILES string of the molecule is COc1ccccc1OCC(O)CNC(C)(C)CN(C)C(c1ccccc1)c1ccccc1. The molecule has 2 N–H and O–H groups in total. The van der Waals surface area contributed by atoms with Gasteiger partial charge in [-0.3, -0.25) is 4.90 Å². The van der Waals surface area contributed by atoms with Crippen LogP contribution in [-0.4, -0.2) is 55.5 Å². The first-order valence-electron chi connectivity index (χ1n) is 11.4. The third-order valence-electron chi connectivity index (χ3n) is 5.63. The molecule has 0 spiro atoms. The lowest BCUT2D eigenvalue weighted by Gasteiger charge is -2.37. The topological polar surface area (TPSA) is 54.0 Å². The van der Waals surface area contributed by atoms with Crippen LogP contribution in [0.1, 0.15) is 31.0 Å². The van der Waals surface area contributed by atoms with Crippen LogP contribution >= 0.6 is 0 Å². The Bertz CT molecular complexity index is 924. The predicted molar refractivity (Wildman–Crippen MR) is 134 cm³/mol. The number of ether oxygens (including phenoxy) is 2. The molecule has 33 heavy (non-hydrogen) atoms. The number of para-hydroxylation sites is 2. The van der Waals surface area contributed by atoms with Gasteiger partial charge in [-0.2, -0.15) is 0 Å². The number of hydrogen-bond donors (Lipinski definition) is 2. The largest absolute Gasteiger partial charge is 0.493 e. The lowest BCUT2D eigenvalue weighted by atomic mass is 9.95. The average molecular weight is 449 g/mol. The second-order valence-electron chi connectivity index (χ2n) is 9.02. The number of methoxy groups -OCH3 is 1. The Hall–Kier alpha value is -2.86. The fraction of sp³-hybridized carbons (Fsp3) is 0.357. The molecule has 3 aromatic carbocycles. The monoisotopic (exact) mass is 448 g/mol. The van der Waals surface area contributed by atoms with Crippen molar-refractivity contribution in [1.82, 2.24) is 10.2 Å². The molecule has 0 amide bonds. The van der Waals surface area contributed by atoms with E-state index in [2.05, 4.69) is 79.6 Å². The van der Waals surface area contributed by atoms with Gasteiger partial charge in [0.05, 0.1) is 13.2 Å². The highest BCUT2D eigenvalue weighted by Crippen LogP contribution is 2.29. The van der Waals surface area contributed by atoms with Crippen LogP contribution in [0.5, 0.6) is 11.5 Å². The minimum absolute atomic E-state index is 0.146. The summed E-state index contributed by atoms with van der Waals surface area (Å²) in [5.41, 5.74) is 2.29. The van der Waals surface area contributed by atoms with Crippen LogP contribution in [0.3, 0.4) is 0 Å². The van der Waals surface area contributed by atoms with Gasteiger partial charge >= 0.3 is 0 Å². The molecule has 0 saturated carbocycles. The zero-order chi connectivity index (χ0) is 23.7. The van der Waals surface area contributed by atoms with Crippen molar-refractivity contribution in [2.24, 2.45) is 0 Å². The maximum atomic E-state index is 10.5. The lowest BCUT2D eigenvalue weighted by Crippen LogP contribution is -2.51. The Kier molecular flexibility index (Phi) is 8.89. The number of aliphatic hydroxyl groups is 1. The maximum absolute atomic E-state index is 10.5. The molecule has 0 saturated heterocycles. The van der Waals surface area contributed by atoms with Crippen molar-refractivity contribution < 1.29 is 14.6 Å². The predicted octanol–water partition coefficient (Wildman–Crippen LogP) is 4.52. The highest BCUT2D eigenvalue weighted by molar-refractivity contribution is 5.39. The Balaban J connectivity index is 1.59. The molecule has 5 heteroatoms. The number of aliphatic hydroxyl groups excluding tert-OH is 1. The zero-order valence-electron chi connectivity index (χ0n) is 20.1. The second kappa shape index (κ2) is 11.8. The molecule has 5 nitrogen and oxygen atoms in total. The summed E-state index contributed by atoms with van der Waals surface area (Å²) in [5.74, 6) is 1.29. The van der Waals surface area contributed by atoms with Crippen LogP contribution in [-0.2, 0) is 0 Å². The van der Waals surface area contributed by atoms with E-state index in [0.717, 1.165) is 6.54 Å². The average Bonchev–Trinajstić information content (AvgIpc) is 2.83. The van der Waals surface area contributed by atoms with Crippen molar-refractivity contribution >= 4 is 0 Å². The first-order valence-corrected chi connectivity index (χ1v) is 11.4. The Morgan fingerprint density at radius 3 is 1.91 bits per heavy atom. The molecule has 1 unspecified atom stereocenters. The number of benzene rings is 3. The fourth-order valence-electron chi connectivity index (χ4n) is 4.12. The number of rotatable bonds is 12. The minimum Gasteiger partial charge on any atom is -0.493 e. The van der Waals surface area contributed by atoms with Crippen molar-refractivity contribution in [3.63, 3.8) is 0 Å². The Labute approximate surface area is 198 Å². The molecule has 0 radical (unpaired) electrons. The summed E-state index contributed by atoms with van der Waals surface area (Å²) in [5, 5.41) is 14.0. The highest BCUT2D eigenvalue weighted by Gasteiger charge is 2.26. The molecule has 0 bridgehead atoms. The Morgan fingerprint density at radius 2 is 1.36 bits per heavy atom. The maximum Gasteiger partial charge on any atom is 0.161 e. The van der Waals surface area contributed by atoms with E-state index >= 15 is 0 Å². The van der Waals surface area contributed by atoms with Crippen LogP contribution < -0.4 is 14.8 Å². The van der Waals surface area contributed by atoms with Gasteiger partial charge in [-0.05, 0) is 44.2 Å². The molecule has 0 aliphatic carbocycles. The molecule has 3 rings (SSSR count). The Morgan fingerprint density at radius 1 is 0.848 bits per heavy atom. The van der Waals surface area contributed by atoms with Crippen LogP contribution in [0, 0.1) is 0 Å². The van der Waals surface area contributed by atoms with Gasteiger partial charge in [0.25, 0.3) is 0 Å². The first-order chi connectivity index (χ1) is 15.9. The molecule has 0 aromatic heterocycles. The van der Waals surface area contributed by atoms with Gasteiger partial charge < -0.3 is 19.9 Å². The first kappa shape index (κ1) is 24.8.